The molecule has 0 radical (unpaired) electrons. The quantitative estimate of drug-likeness (QED) is 0.287. The smallest absolute Gasteiger partial charge is 0.296 e. The molecule has 1 N–H and O–H groups in total. The zero-order chi connectivity index (χ0) is 23.7. The SMILES string of the molecule is COc1cc(/C(O)=C2/C(=O)C(=O)N(Cc3ccco3)C2c2ccc(C(C)C)cc2)ccc1Cl. The number of hydrogen-bond donors (Lipinski definition) is 1. The van der Waals surface area contributed by atoms with Crippen LogP contribution in [0.15, 0.2) is 70.9 Å². The number of ether oxygens (including phenoxy) is 1. The maximum absolute atomic E-state index is 13.1. The van der Waals surface area contributed by atoms with Gasteiger partial charge < -0.3 is 19.2 Å². The summed E-state index contributed by atoms with van der Waals surface area (Å²) in [6.45, 7) is 4.27. The number of aliphatic hydroxyl groups is 1. The summed E-state index contributed by atoms with van der Waals surface area (Å²) in [5.74, 6) is -0.534. The van der Waals surface area contributed by atoms with Crippen LogP contribution in [0.5, 0.6) is 5.75 Å². The molecule has 1 unspecified atom stereocenters. The molecule has 0 saturated carbocycles. The van der Waals surface area contributed by atoms with Crippen LogP contribution in [-0.2, 0) is 16.1 Å². The standard InChI is InChI=1S/C26H24ClNO5/c1-15(2)16-6-8-17(9-7-16)23-22(24(29)18-10-11-20(27)21(13-18)32-3)25(30)26(31)28(23)14-19-5-4-12-33-19/h4-13,15,23,29H,14H2,1-3H3/b24-22-. The van der Waals surface area contributed by atoms with Gasteiger partial charge in [-0.25, -0.2) is 0 Å². The summed E-state index contributed by atoms with van der Waals surface area (Å²) in [6, 6.07) is 15.1. The molecule has 1 atom stereocenters. The van der Waals surface area contributed by atoms with E-state index < -0.39 is 17.7 Å². The normalized spacial score (nSPS) is 17.7. The summed E-state index contributed by atoms with van der Waals surface area (Å²) >= 11 is 6.12. The molecule has 1 saturated heterocycles. The van der Waals surface area contributed by atoms with Crippen LogP contribution >= 0.6 is 11.6 Å². The van der Waals surface area contributed by atoms with Crippen molar-refractivity contribution < 1.29 is 23.8 Å². The molecule has 6 nitrogen and oxygen atoms in total. The van der Waals surface area contributed by atoms with Crippen molar-refractivity contribution in [3.05, 3.63) is 93.9 Å². The summed E-state index contributed by atoms with van der Waals surface area (Å²) in [5.41, 5.74) is 2.18. The molecule has 170 valence electrons. The Bertz CT molecular complexity index is 1210. The van der Waals surface area contributed by atoms with E-state index >= 15 is 0 Å². The van der Waals surface area contributed by atoms with Crippen molar-refractivity contribution in [2.45, 2.75) is 32.4 Å². The monoisotopic (exact) mass is 465 g/mol. The molecule has 1 aliphatic rings. The number of carbonyl (C=O) groups excluding carboxylic acids is 2. The van der Waals surface area contributed by atoms with Gasteiger partial charge in [-0.2, -0.15) is 0 Å². The predicted octanol–water partition coefficient (Wildman–Crippen LogP) is 5.69. The van der Waals surface area contributed by atoms with E-state index in [0.717, 1.165) is 5.56 Å². The lowest BCUT2D eigenvalue weighted by atomic mass is 9.93. The van der Waals surface area contributed by atoms with Gasteiger partial charge in [0.15, 0.2) is 0 Å². The van der Waals surface area contributed by atoms with E-state index in [0.29, 0.717) is 33.6 Å². The molecule has 1 amide bonds. The third kappa shape index (κ3) is 4.26. The topological polar surface area (TPSA) is 80.0 Å². The Morgan fingerprint density at radius 1 is 1.15 bits per heavy atom. The first-order chi connectivity index (χ1) is 15.8. The lowest BCUT2D eigenvalue weighted by Gasteiger charge is -2.25. The van der Waals surface area contributed by atoms with E-state index in [1.54, 1.807) is 24.3 Å². The number of ketones is 1. The number of benzene rings is 2. The number of likely N-dealkylation sites (tertiary alicyclic amines) is 1. The Labute approximate surface area is 197 Å². The maximum Gasteiger partial charge on any atom is 0.296 e. The number of furan rings is 1. The van der Waals surface area contributed by atoms with E-state index in [4.69, 9.17) is 20.8 Å². The lowest BCUT2D eigenvalue weighted by Crippen LogP contribution is -2.29. The molecule has 1 aromatic heterocycles. The van der Waals surface area contributed by atoms with Gasteiger partial charge in [0.05, 0.1) is 36.6 Å². The number of halogens is 1. The highest BCUT2D eigenvalue weighted by Gasteiger charge is 2.46. The Morgan fingerprint density at radius 3 is 2.48 bits per heavy atom. The van der Waals surface area contributed by atoms with Crippen molar-refractivity contribution in [1.82, 2.24) is 4.90 Å². The highest BCUT2D eigenvalue weighted by molar-refractivity contribution is 6.46. The van der Waals surface area contributed by atoms with Crippen LogP contribution in [0.1, 0.15) is 48.3 Å². The number of amides is 1. The van der Waals surface area contributed by atoms with Crippen molar-refractivity contribution in [2.24, 2.45) is 0 Å². The van der Waals surface area contributed by atoms with Crippen LogP contribution in [0, 0.1) is 0 Å². The third-order valence-corrected chi connectivity index (χ3v) is 6.10. The van der Waals surface area contributed by atoms with Gasteiger partial charge in [-0.15, -0.1) is 0 Å². The maximum atomic E-state index is 13.1. The molecule has 1 aliphatic heterocycles. The number of nitrogens with zero attached hydrogens (tertiary/aromatic N) is 1. The zero-order valence-corrected chi connectivity index (χ0v) is 19.3. The molecule has 0 bridgehead atoms. The van der Waals surface area contributed by atoms with Crippen molar-refractivity contribution in [3.8, 4) is 5.75 Å². The summed E-state index contributed by atoms with van der Waals surface area (Å²) < 4.78 is 10.7. The van der Waals surface area contributed by atoms with E-state index in [1.807, 2.05) is 24.3 Å². The van der Waals surface area contributed by atoms with Gasteiger partial charge >= 0.3 is 0 Å². The van der Waals surface area contributed by atoms with E-state index in [2.05, 4.69) is 13.8 Å². The Morgan fingerprint density at radius 2 is 1.88 bits per heavy atom. The minimum absolute atomic E-state index is 0.00762. The molecule has 33 heavy (non-hydrogen) atoms. The molecule has 2 heterocycles. The summed E-state index contributed by atoms with van der Waals surface area (Å²) in [5, 5.41) is 11.6. The van der Waals surface area contributed by atoms with Gasteiger partial charge in [0, 0.05) is 5.56 Å². The molecular formula is C26H24ClNO5. The minimum Gasteiger partial charge on any atom is -0.507 e. The fourth-order valence-corrected chi connectivity index (χ4v) is 4.18. The van der Waals surface area contributed by atoms with Gasteiger partial charge in [-0.3, -0.25) is 9.59 Å². The molecule has 3 aromatic rings. The van der Waals surface area contributed by atoms with E-state index in [9.17, 15) is 14.7 Å². The fraction of sp³-hybridized carbons (Fsp3) is 0.231. The second-order valence-corrected chi connectivity index (χ2v) is 8.58. The lowest BCUT2D eigenvalue weighted by molar-refractivity contribution is -0.140. The van der Waals surface area contributed by atoms with Crippen molar-refractivity contribution in [1.29, 1.82) is 0 Å². The van der Waals surface area contributed by atoms with Gasteiger partial charge in [0.2, 0.25) is 0 Å². The van der Waals surface area contributed by atoms with Crippen LogP contribution in [0.25, 0.3) is 5.76 Å². The number of aliphatic hydroxyl groups excluding tert-OH is 1. The first-order valence-corrected chi connectivity index (χ1v) is 10.9. The van der Waals surface area contributed by atoms with Crippen LogP contribution in [0.2, 0.25) is 5.02 Å². The summed E-state index contributed by atoms with van der Waals surface area (Å²) in [4.78, 5) is 27.6. The van der Waals surface area contributed by atoms with E-state index in [1.165, 1.54) is 24.3 Å². The minimum atomic E-state index is -0.780. The largest absolute Gasteiger partial charge is 0.507 e. The van der Waals surface area contributed by atoms with Gasteiger partial charge in [0.25, 0.3) is 11.7 Å². The molecular weight excluding hydrogens is 442 g/mol. The Hall–Kier alpha value is -3.51. The zero-order valence-electron chi connectivity index (χ0n) is 18.5. The summed E-state index contributed by atoms with van der Waals surface area (Å²) in [7, 11) is 1.46. The van der Waals surface area contributed by atoms with Crippen molar-refractivity contribution in [3.63, 3.8) is 0 Å². The van der Waals surface area contributed by atoms with Crippen LogP contribution < -0.4 is 4.74 Å². The van der Waals surface area contributed by atoms with Crippen molar-refractivity contribution >= 4 is 29.1 Å². The van der Waals surface area contributed by atoms with Gasteiger partial charge in [0.1, 0.15) is 17.3 Å². The van der Waals surface area contributed by atoms with Gasteiger partial charge in [-0.05, 0) is 47.4 Å². The Balaban J connectivity index is 1.86. The second-order valence-electron chi connectivity index (χ2n) is 8.18. The molecule has 0 aliphatic carbocycles. The molecule has 4 rings (SSSR count). The number of carbonyl (C=O) groups is 2. The first-order valence-electron chi connectivity index (χ1n) is 10.6. The number of Topliss-reactive ketones (excluding diaryl/α,β-unsaturated/α-hetero) is 1. The highest BCUT2D eigenvalue weighted by atomic mass is 35.5. The molecule has 7 heteroatoms. The number of methoxy groups -OCH3 is 1. The van der Waals surface area contributed by atoms with E-state index in [-0.39, 0.29) is 17.9 Å². The van der Waals surface area contributed by atoms with Gasteiger partial charge in [-0.1, -0.05) is 49.7 Å². The average Bonchev–Trinajstić information content (AvgIpc) is 3.41. The fourth-order valence-electron chi connectivity index (χ4n) is 3.99. The second kappa shape index (κ2) is 9.16. The predicted molar refractivity (Wildman–Crippen MR) is 125 cm³/mol. The summed E-state index contributed by atoms with van der Waals surface area (Å²) in [6.07, 6.45) is 1.51. The molecule has 0 spiro atoms. The van der Waals surface area contributed by atoms with Crippen LogP contribution in [-0.4, -0.2) is 28.8 Å². The first kappa shape index (κ1) is 22.7. The third-order valence-electron chi connectivity index (χ3n) is 5.79. The number of hydrogen-bond acceptors (Lipinski definition) is 5. The Kier molecular flexibility index (Phi) is 6.29. The average molecular weight is 466 g/mol. The van der Waals surface area contributed by atoms with Crippen LogP contribution in [0.4, 0.5) is 0 Å². The van der Waals surface area contributed by atoms with Crippen LogP contribution in [0.3, 0.4) is 0 Å². The highest BCUT2D eigenvalue weighted by Crippen LogP contribution is 2.41. The number of rotatable bonds is 6. The molecule has 2 aromatic carbocycles. The van der Waals surface area contributed by atoms with Crippen molar-refractivity contribution in [2.75, 3.05) is 7.11 Å². The molecule has 1 fully saturated rings.